The van der Waals surface area contributed by atoms with Crippen molar-refractivity contribution in [3.8, 4) is 0 Å². The van der Waals surface area contributed by atoms with Gasteiger partial charge in [0.15, 0.2) is 0 Å². The minimum absolute atomic E-state index is 0.0718. The molecule has 5 rings (SSSR count). The molecule has 4 aliphatic rings. The Bertz CT molecular complexity index is 1900. The summed E-state index contributed by atoms with van der Waals surface area (Å²) in [5, 5.41) is 15.5. The number of nitrogens with zero attached hydrogens (tertiary/aromatic N) is 3. The van der Waals surface area contributed by atoms with Crippen molar-refractivity contribution in [3.05, 3.63) is 63.6 Å². The van der Waals surface area contributed by atoms with E-state index in [9.17, 15) is 19.5 Å². The molecule has 1 saturated heterocycles. The van der Waals surface area contributed by atoms with Crippen molar-refractivity contribution in [2.24, 2.45) is 22.2 Å². The number of aliphatic hydroxyl groups excluding tert-OH is 1. The number of unbranched alkanes of at least 4 members (excludes halogenated alkanes) is 2. The van der Waals surface area contributed by atoms with Gasteiger partial charge < -0.3 is 20.2 Å². The van der Waals surface area contributed by atoms with Crippen molar-refractivity contribution in [1.29, 1.82) is 0 Å². The van der Waals surface area contributed by atoms with Crippen LogP contribution in [0.15, 0.2) is 57.5 Å². The summed E-state index contributed by atoms with van der Waals surface area (Å²) in [5.74, 6) is -1.08. The standard InChI is InChI=1S/C48H70N4O4/c1-15-19-21-31(17-3)45(55)49-37-25-39-35(47(11,12)29(9)51(39)27(5)6)23-33(37)41-43(53)42(44(41)54)34-24-36-40(52(28(7)8)30(10)48(36,13)14)26-38(34)50-46(56)32(18-4)22-20-16-2/h23-32,53H,15-22H2,1-14H3,(H,49,55)/b42-34+,50-38?. The summed E-state index contributed by atoms with van der Waals surface area (Å²) >= 11 is 0. The number of Topliss-reactive ketones (excluding diaryl/α,β-unsaturated/α-hetero) is 1. The minimum Gasteiger partial charge on any atom is -0.506 e. The number of rotatable bonds is 14. The second-order valence-corrected chi connectivity index (χ2v) is 18.5. The number of ketones is 1. The van der Waals surface area contributed by atoms with Crippen LogP contribution in [0.1, 0.15) is 159 Å². The summed E-state index contributed by atoms with van der Waals surface area (Å²) in [6, 6.07) is 4.78. The van der Waals surface area contributed by atoms with Gasteiger partial charge in [0.25, 0.3) is 0 Å². The molecular formula is C48H70N4O4. The smallest absolute Gasteiger partial charge is 0.249 e. The lowest BCUT2D eigenvalue weighted by atomic mass is 9.73. The highest BCUT2D eigenvalue weighted by atomic mass is 16.3. The summed E-state index contributed by atoms with van der Waals surface area (Å²) in [5.41, 5.74) is 5.98. The molecule has 1 aromatic rings. The minimum atomic E-state index is -0.313. The van der Waals surface area contributed by atoms with Gasteiger partial charge >= 0.3 is 0 Å². The number of anilines is 2. The average Bonchev–Trinajstić information content (AvgIpc) is 3.45. The fourth-order valence-electron chi connectivity index (χ4n) is 9.51. The monoisotopic (exact) mass is 767 g/mol. The number of amides is 2. The van der Waals surface area contributed by atoms with Crippen LogP contribution < -0.4 is 10.2 Å². The molecular weight excluding hydrogens is 697 g/mol. The van der Waals surface area contributed by atoms with Gasteiger partial charge in [-0.1, -0.05) is 81.1 Å². The number of allylic oxidation sites excluding steroid dienone is 6. The molecule has 2 N–H and O–H groups in total. The number of carbonyl (C=O) groups excluding carboxylic acids is 3. The first-order valence-corrected chi connectivity index (χ1v) is 21.7. The van der Waals surface area contributed by atoms with E-state index in [2.05, 4.69) is 98.2 Å². The zero-order chi connectivity index (χ0) is 41.6. The van der Waals surface area contributed by atoms with Gasteiger partial charge in [0, 0.05) is 69.4 Å². The molecule has 2 amide bonds. The fraction of sp³-hybridized carbons (Fsp3) is 0.625. The number of hydrogen-bond acceptors (Lipinski definition) is 6. The van der Waals surface area contributed by atoms with Gasteiger partial charge in [-0.15, -0.1) is 0 Å². The fourth-order valence-corrected chi connectivity index (χ4v) is 9.51. The van der Waals surface area contributed by atoms with Crippen LogP contribution in [-0.2, 0) is 19.8 Å². The molecule has 0 aromatic heterocycles. The van der Waals surface area contributed by atoms with Crippen LogP contribution in [0.25, 0.3) is 5.57 Å². The molecule has 0 bridgehead atoms. The second-order valence-electron chi connectivity index (χ2n) is 18.5. The van der Waals surface area contributed by atoms with Crippen LogP contribution in [0.3, 0.4) is 0 Å². The molecule has 0 spiro atoms. The van der Waals surface area contributed by atoms with Crippen LogP contribution >= 0.6 is 0 Å². The molecule has 2 heterocycles. The third kappa shape index (κ3) is 7.35. The van der Waals surface area contributed by atoms with Crippen LogP contribution in [0, 0.1) is 17.3 Å². The highest BCUT2D eigenvalue weighted by molar-refractivity contribution is 6.42. The maximum Gasteiger partial charge on any atom is 0.249 e. The van der Waals surface area contributed by atoms with Crippen molar-refractivity contribution in [1.82, 2.24) is 4.90 Å². The number of fused-ring (bicyclic) bond motifs is 2. The van der Waals surface area contributed by atoms with E-state index < -0.39 is 0 Å². The predicted octanol–water partition coefficient (Wildman–Crippen LogP) is 11.0. The molecule has 56 heavy (non-hydrogen) atoms. The normalized spacial score (nSPS) is 24.4. The van der Waals surface area contributed by atoms with E-state index in [4.69, 9.17) is 4.99 Å². The summed E-state index contributed by atoms with van der Waals surface area (Å²) < 4.78 is 0. The van der Waals surface area contributed by atoms with E-state index in [-0.39, 0.29) is 81.3 Å². The molecule has 4 unspecified atom stereocenters. The maximum absolute atomic E-state index is 14.8. The number of nitrogens with one attached hydrogen (secondary N) is 1. The van der Waals surface area contributed by atoms with Gasteiger partial charge in [0.2, 0.25) is 17.6 Å². The number of aliphatic imine (C=N–C) groups is 1. The summed E-state index contributed by atoms with van der Waals surface area (Å²) in [7, 11) is 0. The Morgan fingerprint density at radius 1 is 0.821 bits per heavy atom. The lowest BCUT2D eigenvalue weighted by Crippen LogP contribution is -2.42. The van der Waals surface area contributed by atoms with Crippen LogP contribution in [-0.4, -0.2) is 57.5 Å². The molecule has 2 aliphatic carbocycles. The number of carbonyl (C=O) groups is 3. The van der Waals surface area contributed by atoms with Gasteiger partial charge in [0.05, 0.1) is 22.5 Å². The van der Waals surface area contributed by atoms with E-state index in [0.717, 1.165) is 61.0 Å². The van der Waals surface area contributed by atoms with Gasteiger partial charge in [0.1, 0.15) is 5.76 Å². The Morgan fingerprint density at radius 3 is 1.93 bits per heavy atom. The Morgan fingerprint density at radius 2 is 1.39 bits per heavy atom. The number of likely N-dealkylation sites (tertiary alicyclic amines) is 1. The SMILES string of the molecule is CCCCC(CC)C(=O)N=C1C=C2C(=C/C1=C1\C(=O)C(c3cc4c(cc3NC(=O)C(CC)CCCC)N(C(C)C)C(C)C4(C)C)=C1O)C(C)(C)C(C)N2C(C)C. The third-order valence-electron chi connectivity index (χ3n) is 13.7. The Labute approximate surface area is 337 Å². The average molecular weight is 767 g/mol. The van der Waals surface area contributed by atoms with Crippen molar-refractivity contribution in [2.45, 2.75) is 178 Å². The van der Waals surface area contributed by atoms with Crippen LogP contribution in [0.2, 0.25) is 0 Å². The molecule has 0 saturated carbocycles. The van der Waals surface area contributed by atoms with E-state index in [0.29, 0.717) is 35.4 Å². The highest BCUT2D eigenvalue weighted by Gasteiger charge is 2.49. The molecule has 0 radical (unpaired) electrons. The molecule has 2 aliphatic heterocycles. The first-order chi connectivity index (χ1) is 26.3. The molecule has 8 nitrogen and oxygen atoms in total. The molecule has 8 heteroatoms. The van der Waals surface area contributed by atoms with Crippen molar-refractivity contribution in [2.75, 3.05) is 10.2 Å². The van der Waals surface area contributed by atoms with Crippen LogP contribution in [0.4, 0.5) is 11.4 Å². The third-order valence-corrected chi connectivity index (χ3v) is 13.7. The van der Waals surface area contributed by atoms with Crippen molar-refractivity contribution in [3.63, 3.8) is 0 Å². The van der Waals surface area contributed by atoms with E-state index >= 15 is 0 Å². The largest absolute Gasteiger partial charge is 0.506 e. The zero-order valence-electron chi connectivity index (χ0n) is 36.9. The number of benzene rings is 1. The molecule has 1 aromatic carbocycles. The number of aliphatic hydroxyl groups is 1. The Kier molecular flexibility index (Phi) is 12.7. The first kappa shape index (κ1) is 43.2. The lowest BCUT2D eigenvalue weighted by Gasteiger charge is -2.34. The number of hydrogen-bond donors (Lipinski definition) is 2. The first-order valence-electron chi connectivity index (χ1n) is 21.7. The van der Waals surface area contributed by atoms with Crippen LogP contribution in [0.5, 0.6) is 0 Å². The maximum atomic E-state index is 14.8. The highest BCUT2D eigenvalue weighted by Crippen LogP contribution is 2.53. The molecule has 4 atom stereocenters. The van der Waals surface area contributed by atoms with Gasteiger partial charge in [-0.05, 0) is 103 Å². The lowest BCUT2D eigenvalue weighted by molar-refractivity contribution is -0.122. The van der Waals surface area contributed by atoms with Crippen molar-refractivity contribution >= 4 is 40.3 Å². The van der Waals surface area contributed by atoms with Gasteiger partial charge in [-0.2, -0.15) is 0 Å². The quantitative estimate of drug-likeness (QED) is 0.183. The summed E-state index contributed by atoms with van der Waals surface area (Å²) in [4.78, 5) is 52.1. The zero-order valence-corrected chi connectivity index (χ0v) is 36.9. The van der Waals surface area contributed by atoms with E-state index in [1.165, 1.54) is 0 Å². The topological polar surface area (TPSA) is 102 Å². The molecule has 1 fully saturated rings. The summed E-state index contributed by atoms with van der Waals surface area (Å²) in [6.45, 7) is 30.3. The van der Waals surface area contributed by atoms with Crippen molar-refractivity contribution < 1.29 is 19.5 Å². The van der Waals surface area contributed by atoms with Gasteiger partial charge in [-0.25, -0.2) is 4.99 Å². The van der Waals surface area contributed by atoms with E-state index in [1.54, 1.807) is 0 Å². The predicted molar refractivity (Wildman–Crippen MR) is 232 cm³/mol. The van der Waals surface area contributed by atoms with Gasteiger partial charge in [-0.3, -0.25) is 14.4 Å². The Balaban J connectivity index is 1.74. The summed E-state index contributed by atoms with van der Waals surface area (Å²) in [6.07, 6.45) is 10.8. The molecule has 306 valence electrons. The second kappa shape index (κ2) is 16.5. The van der Waals surface area contributed by atoms with E-state index in [1.807, 2.05) is 38.1 Å². The Hall–Kier alpha value is -3.94.